The molecule has 36 valence electrons. The number of hydrogen-bond acceptors (Lipinski definition) is 1. The smallest absolute Gasteiger partial charge is 0.0140 e. The van der Waals surface area contributed by atoms with E-state index in [9.17, 15) is 0 Å². The Bertz CT molecular complexity index is 25.4. The summed E-state index contributed by atoms with van der Waals surface area (Å²) in [5.41, 5.74) is 0. The van der Waals surface area contributed by atoms with E-state index in [4.69, 9.17) is 0 Å². The van der Waals surface area contributed by atoms with Crippen LogP contribution < -0.4 is 0 Å². The van der Waals surface area contributed by atoms with Crippen LogP contribution in [0.2, 0.25) is 0 Å². The fraction of sp³-hybridized carbons (Fsp3) is 0.600. The molecule has 0 saturated heterocycles. The van der Waals surface area contributed by atoms with Gasteiger partial charge in [-0.05, 0) is 21.1 Å². The molecule has 0 aromatic heterocycles. The highest BCUT2D eigenvalue weighted by molar-refractivity contribution is 4.47. The minimum absolute atomic E-state index is 2.00. The summed E-state index contributed by atoms with van der Waals surface area (Å²) >= 11 is 0. The van der Waals surface area contributed by atoms with Gasteiger partial charge in [-0.3, -0.25) is 0 Å². The molecule has 0 aromatic carbocycles. The van der Waals surface area contributed by atoms with Gasteiger partial charge in [-0.2, -0.15) is 0 Å². The molecule has 0 aliphatic rings. The molecular weight excluding hydrogens is 74.1 g/mol. The molecule has 0 bridgehead atoms. The van der Waals surface area contributed by atoms with Gasteiger partial charge in [0.15, 0.2) is 0 Å². The van der Waals surface area contributed by atoms with Crippen molar-refractivity contribution in [3.05, 3.63) is 0 Å². The molecule has 0 aromatic rings. The van der Waals surface area contributed by atoms with Crippen molar-refractivity contribution in [3.63, 3.8) is 0 Å². The Morgan fingerprint density at radius 1 is 1.00 bits per heavy atom. The van der Waals surface area contributed by atoms with Crippen LogP contribution in [0.4, 0.5) is 0 Å². The van der Waals surface area contributed by atoms with E-state index in [1.165, 1.54) is 0 Å². The topological polar surface area (TPSA) is 3.24 Å². The van der Waals surface area contributed by atoms with Crippen LogP contribution in [0.1, 0.15) is 0 Å². The van der Waals surface area contributed by atoms with Gasteiger partial charge in [0.1, 0.15) is 0 Å². The Kier molecular flexibility index (Phi) is 13.4. The minimum Gasteiger partial charge on any atom is -0.312 e. The largest absolute Gasteiger partial charge is 0.312 e. The summed E-state index contributed by atoms with van der Waals surface area (Å²) in [6.45, 7) is 0. The number of hydrogen-bond donors (Lipinski definition) is 0. The van der Waals surface area contributed by atoms with Crippen molar-refractivity contribution in [2.75, 3.05) is 21.1 Å². The van der Waals surface area contributed by atoms with E-state index in [0.717, 1.165) is 0 Å². The summed E-state index contributed by atoms with van der Waals surface area (Å²) in [7, 11) is 6.00. The van der Waals surface area contributed by atoms with E-state index >= 15 is 0 Å². The van der Waals surface area contributed by atoms with Crippen LogP contribution in [0.3, 0.4) is 0 Å². The van der Waals surface area contributed by atoms with Gasteiger partial charge < -0.3 is 4.90 Å². The molecule has 1 heteroatoms. The third-order valence-electron chi connectivity index (χ3n) is 0. The quantitative estimate of drug-likeness (QED) is 0.385. The minimum atomic E-state index is 2.00. The summed E-state index contributed by atoms with van der Waals surface area (Å²) in [6, 6.07) is 0. The third kappa shape index (κ3) is 97.0. The number of nitrogens with zero attached hydrogens (tertiary/aromatic N) is 1. The van der Waals surface area contributed by atoms with Crippen molar-refractivity contribution >= 4 is 0 Å². The predicted octanol–water partition coefficient (Wildman–Crippen LogP) is 0.427. The van der Waals surface area contributed by atoms with Gasteiger partial charge in [0.05, 0.1) is 0 Å². The van der Waals surface area contributed by atoms with Crippen LogP contribution in [0.15, 0.2) is 0 Å². The van der Waals surface area contributed by atoms with E-state index in [1.807, 2.05) is 26.0 Å². The van der Waals surface area contributed by atoms with Gasteiger partial charge in [0.25, 0.3) is 0 Å². The molecule has 0 radical (unpaired) electrons. The van der Waals surface area contributed by atoms with Crippen LogP contribution in [0.5, 0.6) is 0 Å². The van der Waals surface area contributed by atoms with Crippen molar-refractivity contribution in [1.82, 2.24) is 4.90 Å². The molecule has 6 heavy (non-hydrogen) atoms. The van der Waals surface area contributed by atoms with Gasteiger partial charge in [-0.25, -0.2) is 0 Å². The fourth-order valence-corrected chi connectivity index (χ4v) is 0. The van der Waals surface area contributed by atoms with Crippen LogP contribution >= 0.6 is 0 Å². The van der Waals surface area contributed by atoms with Crippen molar-refractivity contribution in [2.45, 2.75) is 0 Å². The fourth-order valence-electron chi connectivity index (χ4n) is 0. The van der Waals surface area contributed by atoms with Crippen molar-refractivity contribution in [3.8, 4) is 12.8 Å². The van der Waals surface area contributed by atoms with Crippen LogP contribution in [-0.4, -0.2) is 26.0 Å². The Morgan fingerprint density at radius 3 is 1.00 bits per heavy atom. The van der Waals surface area contributed by atoms with E-state index in [-0.39, 0.29) is 0 Å². The molecule has 0 saturated carbocycles. The average Bonchev–Trinajstić information content (AvgIpc) is 1.41. The summed E-state index contributed by atoms with van der Waals surface area (Å²) in [6.07, 6.45) is 8.00. The lowest BCUT2D eigenvalue weighted by Gasteiger charge is -1.90. The van der Waals surface area contributed by atoms with Gasteiger partial charge in [-0.15, -0.1) is 12.8 Å². The summed E-state index contributed by atoms with van der Waals surface area (Å²) < 4.78 is 0. The SMILES string of the molecule is C#C.CN(C)C. The van der Waals surface area contributed by atoms with Crippen molar-refractivity contribution < 1.29 is 0 Å². The van der Waals surface area contributed by atoms with Gasteiger partial charge in [0.2, 0.25) is 0 Å². The van der Waals surface area contributed by atoms with E-state index in [1.54, 1.807) is 0 Å². The highest BCUT2D eigenvalue weighted by atomic mass is 15.0. The van der Waals surface area contributed by atoms with E-state index < -0.39 is 0 Å². The molecule has 0 aliphatic carbocycles. The Labute approximate surface area is 40.0 Å². The van der Waals surface area contributed by atoms with Crippen LogP contribution in [0, 0.1) is 12.8 Å². The summed E-state index contributed by atoms with van der Waals surface area (Å²) in [5.74, 6) is 0. The maximum absolute atomic E-state index is 4.00. The highest BCUT2D eigenvalue weighted by Crippen LogP contribution is 1.47. The molecule has 1 nitrogen and oxygen atoms in total. The molecule has 0 rings (SSSR count). The molecule has 0 unspecified atom stereocenters. The standard InChI is InChI=1S/C3H9N.C2H2/c1-4(2)3;1-2/h1-3H3;1-2H. The number of rotatable bonds is 0. The zero-order valence-electron chi connectivity index (χ0n) is 4.60. The first-order valence-corrected chi connectivity index (χ1v) is 1.67. The van der Waals surface area contributed by atoms with E-state index in [2.05, 4.69) is 12.8 Å². The van der Waals surface area contributed by atoms with Gasteiger partial charge >= 0.3 is 0 Å². The maximum Gasteiger partial charge on any atom is -0.0140 e. The third-order valence-corrected chi connectivity index (χ3v) is 0. The second-order valence-corrected chi connectivity index (χ2v) is 1.34. The normalized spacial score (nSPS) is 6.33. The van der Waals surface area contributed by atoms with E-state index in [0.29, 0.717) is 0 Å². The molecule has 0 spiro atoms. The second-order valence-electron chi connectivity index (χ2n) is 1.34. The average molecular weight is 85.1 g/mol. The van der Waals surface area contributed by atoms with Gasteiger partial charge in [0, 0.05) is 0 Å². The summed E-state index contributed by atoms with van der Waals surface area (Å²) in [4.78, 5) is 2.00. The zero-order valence-corrected chi connectivity index (χ0v) is 4.60. The second kappa shape index (κ2) is 8.82. The molecule has 0 aliphatic heterocycles. The zero-order chi connectivity index (χ0) is 5.58. The molecule has 0 fully saturated rings. The maximum atomic E-state index is 4.00. The van der Waals surface area contributed by atoms with Crippen LogP contribution in [0.25, 0.3) is 0 Å². The Morgan fingerprint density at radius 2 is 1.00 bits per heavy atom. The predicted molar refractivity (Wildman–Crippen MR) is 29.5 cm³/mol. The first-order chi connectivity index (χ1) is 2.73. The van der Waals surface area contributed by atoms with Crippen LogP contribution in [-0.2, 0) is 0 Å². The van der Waals surface area contributed by atoms with Crippen molar-refractivity contribution in [1.29, 1.82) is 0 Å². The number of terminal acetylenes is 1. The molecule has 0 amide bonds. The molecule has 0 atom stereocenters. The monoisotopic (exact) mass is 85.1 g/mol. The van der Waals surface area contributed by atoms with Crippen molar-refractivity contribution in [2.24, 2.45) is 0 Å². The first-order valence-electron chi connectivity index (χ1n) is 1.67. The molecule has 0 N–H and O–H groups in total. The lowest BCUT2D eigenvalue weighted by molar-refractivity contribution is 0.505. The highest BCUT2D eigenvalue weighted by Gasteiger charge is 1.58. The first kappa shape index (κ1) is 9.10. The lowest BCUT2D eigenvalue weighted by Crippen LogP contribution is -1.99. The van der Waals surface area contributed by atoms with Gasteiger partial charge in [-0.1, -0.05) is 0 Å². The molecule has 0 heterocycles. The molecular formula is C5H11N. The summed E-state index contributed by atoms with van der Waals surface area (Å²) in [5, 5.41) is 0. The lowest BCUT2D eigenvalue weighted by atomic mass is 11.0. The Balaban J connectivity index is 0. The Hall–Kier alpha value is -0.480.